The Morgan fingerprint density at radius 2 is 0.600 bits per heavy atom. The zero-order valence-electron chi connectivity index (χ0n) is 70.7. The SMILES string of the molecule is CC(C)C1CC=C(n2c(Br)nc3ccccc32)[C@@]1(C)C(C)C.CC(C)C1CC=C(n2c(Cl)nc3ccccc32)[C@@]1(C)C(C)C.CC(C)C1CC=C(n2c(F)nc3ccccc32)[C@@]1(C)C(C)C.CC(C)C1CC=C(n2c(I)nc3ccccc32)[C@@]1(C)C(C)C.CC(C)C1CC=C(n2c(N)nc3ccccc32)[C@@]1(C)C(C)C. The van der Waals surface area contributed by atoms with Gasteiger partial charge in [0.1, 0.15) is 0 Å². The fraction of sp³-hybridized carbons (Fsp3) is 0.526. The number of imidazole rings is 5. The summed E-state index contributed by atoms with van der Waals surface area (Å²) in [6.45, 7) is 58.4. The largest absolute Gasteiger partial charge is 0.369 e. The van der Waals surface area contributed by atoms with Gasteiger partial charge in [0, 0.05) is 78.2 Å². The molecular formula is C95H127BrClFIN11. The number of para-hydroxylation sites is 10. The Morgan fingerprint density at radius 1 is 0.355 bits per heavy atom. The molecule has 0 saturated carbocycles. The molecule has 2 N–H and O–H groups in total. The van der Waals surface area contributed by atoms with Crippen LogP contribution in [0, 0.1) is 126 Å². The first kappa shape index (κ1) is 84.3. The Labute approximate surface area is 685 Å². The van der Waals surface area contributed by atoms with E-state index in [1.165, 1.54) is 40.2 Å². The summed E-state index contributed by atoms with van der Waals surface area (Å²) in [4.78, 5) is 22.7. The summed E-state index contributed by atoms with van der Waals surface area (Å²) >= 11 is 12.6. The van der Waals surface area contributed by atoms with Gasteiger partial charge in [-0.15, -0.1) is 0 Å². The molecule has 11 nitrogen and oxygen atoms in total. The minimum absolute atomic E-state index is 0.0432. The fourth-order valence-corrected chi connectivity index (χ4v) is 22.4. The molecule has 0 spiro atoms. The third-order valence-electron chi connectivity index (χ3n) is 28.3. The lowest BCUT2D eigenvalue weighted by molar-refractivity contribution is 0.152. The Hall–Kier alpha value is -6.62. The molecule has 0 radical (unpaired) electrons. The molecule has 0 bridgehead atoms. The van der Waals surface area contributed by atoms with Gasteiger partial charge in [0.05, 0.1) is 55.2 Å². The maximum absolute atomic E-state index is 14.6. The monoisotopic (exact) mass is 1680 g/mol. The van der Waals surface area contributed by atoms with E-state index in [0.29, 0.717) is 100 Å². The van der Waals surface area contributed by atoms with Gasteiger partial charge in [-0.2, -0.15) is 4.39 Å². The minimum atomic E-state index is -0.399. The van der Waals surface area contributed by atoms with Gasteiger partial charge in [0.2, 0.25) is 11.2 Å². The fourth-order valence-electron chi connectivity index (χ4n) is 20.8. The van der Waals surface area contributed by atoms with Crippen molar-refractivity contribution in [1.82, 2.24) is 47.8 Å². The van der Waals surface area contributed by atoms with Gasteiger partial charge in [-0.05, 0) is 209 Å². The molecule has 5 aliphatic carbocycles. The zero-order valence-corrected chi connectivity index (χ0v) is 75.2. The number of halogens is 4. The predicted octanol–water partition coefficient (Wildman–Crippen LogP) is 27.8. The Bertz CT molecular complexity index is 4370. The number of fused-ring (bicyclic) bond motifs is 5. The van der Waals surface area contributed by atoms with E-state index in [0.717, 1.165) is 84.1 Å². The van der Waals surface area contributed by atoms with Crippen molar-refractivity contribution in [3.05, 3.63) is 172 Å². The summed E-state index contributed by atoms with van der Waals surface area (Å²) < 4.78 is 27.4. The third-order valence-corrected chi connectivity index (χ3v) is 29.8. The highest BCUT2D eigenvalue weighted by atomic mass is 127. The molecule has 590 valence electrons. The highest BCUT2D eigenvalue weighted by Gasteiger charge is 2.52. The van der Waals surface area contributed by atoms with Crippen molar-refractivity contribution in [2.45, 2.75) is 205 Å². The lowest BCUT2D eigenvalue weighted by atomic mass is 9.66. The van der Waals surface area contributed by atoms with E-state index in [-0.39, 0.29) is 27.1 Å². The second-order valence-corrected chi connectivity index (χ2v) is 38.7. The number of benzene rings is 5. The van der Waals surface area contributed by atoms with Crippen LogP contribution in [0.1, 0.15) is 205 Å². The van der Waals surface area contributed by atoms with Crippen molar-refractivity contribution >= 4 is 140 Å². The maximum atomic E-state index is 14.6. The highest BCUT2D eigenvalue weighted by Crippen LogP contribution is 2.60. The van der Waals surface area contributed by atoms with Crippen molar-refractivity contribution < 1.29 is 4.39 Å². The quantitative estimate of drug-likeness (QED) is 0.102. The molecule has 10 atom stereocenters. The van der Waals surface area contributed by atoms with Crippen molar-refractivity contribution in [2.75, 3.05) is 5.73 Å². The lowest BCUT2D eigenvalue weighted by Gasteiger charge is -2.41. The maximum Gasteiger partial charge on any atom is 0.294 e. The van der Waals surface area contributed by atoms with E-state index < -0.39 is 6.08 Å². The Balaban J connectivity index is 0.000000136. The average Bonchev–Trinajstić information content (AvgIpc) is 1.61. The molecule has 5 aromatic carbocycles. The number of nitrogen functional groups attached to an aromatic ring is 1. The lowest BCUT2D eigenvalue weighted by Crippen LogP contribution is -2.35. The first-order chi connectivity index (χ1) is 51.8. The number of hydrogen-bond acceptors (Lipinski definition) is 6. The van der Waals surface area contributed by atoms with E-state index in [2.05, 4.69) is 342 Å². The van der Waals surface area contributed by atoms with Crippen LogP contribution >= 0.6 is 50.1 Å². The highest BCUT2D eigenvalue weighted by molar-refractivity contribution is 14.1. The summed E-state index contributed by atoms with van der Waals surface area (Å²) in [5.41, 5.74) is 23.7. The topological polar surface area (TPSA) is 115 Å². The van der Waals surface area contributed by atoms with Gasteiger partial charge in [0.25, 0.3) is 6.08 Å². The van der Waals surface area contributed by atoms with Crippen molar-refractivity contribution in [2.24, 2.45) is 116 Å². The van der Waals surface area contributed by atoms with Gasteiger partial charge in [0.15, 0.2) is 8.56 Å². The summed E-state index contributed by atoms with van der Waals surface area (Å²) in [5, 5.41) is 0.573. The summed E-state index contributed by atoms with van der Waals surface area (Å²) in [6.07, 6.45) is 17.0. The van der Waals surface area contributed by atoms with E-state index in [4.69, 9.17) is 27.3 Å². The number of anilines is 1. The number of rotatable bonds is 15. The molecule has 5 heterocycles. The number of nitrogens with zero attached hydrogens (tertiary/aromatic N) is 10. The van der Waals surface area contributed by atoms with Gasteiger partial charge in [-0.1, -0.05) is 264 Å². The molecule has 0 fully saturated rings. The smallest absolute Gasteiger partial charge is 0.294 e. The zero-order chi connectivity index (χ0) is 80.3. The van der Waals surface area contributed by atoms with Crippen molar-refractivity contribution in [1.29, 1.82) is 0 Å². The van der Waals surface area contributed by atoms with Gasteiger partial charge >= 0.3 is 0 Å². The van der Waals surface area contributed by atoms with Crippen LogP contribution < -0.4 is 5.73 Å². The second-order valence-electron chi connectivity index (χ2n) is 36.7. The summed E-state index contributed by atoms with van der Waals surface area (Å²) in [6, 6.07) is 41.0. The molecule has 15 rings (SSSR count). The molecule has 5 aromatic heterocycles. The molecule has 0 saturated heterocycles. The van der Waals surface area contributed by atoms with E-state index >= 15 is 0 Å². The average molecular weight is 1680 g/mol. The Morgan fingerprint density at radius 3 is 0.945 bits per heavy atom. The van der Waals surface area contributed by atoms with Crippen molar-refractivity contribution in [3.8, 4) is 0 Å². The van der Waals surface area contributed by atoms with Crippen LogP contribution in [0.5, 0.6) is 0 Å². The molecule has 0 aliphatic heterocycles. The predicted molar refractivity (Wildman–Crippen MR) is 479 cm³/mol. The van der Waals surface area contributed by atoms with E-state index in [9.17, 15) is 4.39 Å². The third kappa shape index (κ3) is 14.7. The summed E-state index contributed by atoms with van der Waals surface area (Å²) in [7, 11) is 0. The first-order valence-corrected chi connectivity index (χ1v) is 43.4. The number of allylic oxidation sites excluding steroid dienone is 10. The van der Waals surface area contributed by atoms with E-state index in [1.807, 2.05) is 54.6 Å². The van der Waals surface area contributed by atoms with Crippen molar-refractivity contribution in [3.63, 3.8) is 0 Å². The van der Waals surface area contributed by atoms with Crippen LogP contribution in [-0.2, 0) is 0 Å². The minimum Gasteiger partial charge on any atom is -0.369 e. The molecule has 10 aromatic rings. The van der Waals surface area contributed by atoms with Crippen LogP contribution in [0.25, 0.3) is 83.7 Å². The van der Waals surface area contributed by atoms with Crippen LogP contribution in [0.3, 0.4) is 0 Å². The Kier molecular flexibility index (Phi) is 25.3. The normalized spacial score (nSPS) is 25.4. The van der Waals surface area contributed by atoms with Crippen LogP contribution in [0.15, 0.2) is 156 Å². The number of aromatic nitrogens is 10. The standard InChI is InChI=1S/C19H25BrN2.C19H25ClN2.C19H25FN2.C19H25IN2.C19H27N3/c5*1-12(2)14-10-11-17(19(14,5)13(3)4)22-16-9-7-6-8-15(16)21-18(22)20/h4*6-9,11-14H,10H2,1-5H3;6-9,11-14H,10H2,1-5H3,(H2,20,21)/t5*14?,19-/m00000/s1. The second kappa shape index (κ2) is 33.1. The van der Waals surface area contributed by atoms with Crippen LogP contribution in [0.2, 0.25) is 5.28 Å². The van der Waals surface area contributed by atoms with Gasteiger partial charge in [-0.25, -0.2) is 24.9 Å². The first-order valence-electron chi connectivity index (χ1n) is 41.1. The molecular weight excluding hydrogens is 1560 g/mol. The molecule has 110 heavy (non-hydrogen) atoms. The molecule has 5 aliphatic rings. The number of hydrogen-bond donors (Lipinski definition) is 1. The molecule has 0 amide bonds. The van der Waals surface area contributed by atoms with Gasteiger partial charge in [-0.3, -0.25) is 22.8 Å². The number of nitrogens with two attached hydrogens (primary N) is 1. The van der Waals surface area contributed by atoms with E-state index in [1.54, 1.807) is 4.57 Å². The van der Waals surface area contributed by atoms with Gasteiger partial charge < -0.3 is 5.73 Å². The molecule has 5 unspecified atom stereocenters. The van der Waals surface area contributed by atoms with Crippen LogP contribution in [0.4, 0.5) is 10.3 Å². The molecule has 15 heteroatoms. The summed E-state index contributed by atoms with van der Waals surface area (Å²) in [5.74, 6) is 9.74. The van der Waals surface area contributed by atoms with Crippen LogP contribution in [-0.4, -0.2) is 47.8 Å².